The average molecular weight is 204 g/mol. The van der Waals surface area contributed by atoms with Crippen LogP contribution in [0.3, 0.4) is 0 Å². The highest BCUT2D eigenvalue weighted by Crippen LogP contribution is 2.41. The van der Waals surface area contributed by atoms with Gasteiger partial charge >= 0.3 is 5.97 Å². The van der Waals surface area contributed by atoms with Gasteiger partial charge in [-0.3, -0.25) is 4.79 Å². The molecule has 2 heteroatoms. The Hall–Kier alpha value is -1.31. The highest BCUT2D eigenvalue weighted by atomic mass is 16.4. The predicted molar refractivity (Wildman–Crippen MR) is 58.8 cm³/mol. The fraction of sp³-hybridized carbons (Fsp3) is 0.462. The van der Waals surface area contributed by atoms with Crippen LogP contribution in [0.4, 0.5) is 0 Å². The first-order chi connectivity index (χ1) is 7.27. The number of aliphatic carboxylic acids is 1. The first kappa shape index (κ1) is 10.2. The van der Waals surface area contributed by atoms with Gasteiger partial charge in [-0.05, 0) is 30.2 Å². The topological polar surface area (TPSA) is 37.3 Å². The van der Waals surface area contributed by atoms with Crippen molar-refractivity contribution in [3.05, 3.63) is 35.9 Å². The second-order valence-electron chi connectivity index (χ2n) is 4.31. The van der Waals surface area contributed by atoms with Crippen molar-refractivity contribution >= 4 is 5.97 Å². The van der Waals surface area contributed by atoms with Gasteiger partial charge in [0, 0.05) is 6.42 Å². The molecule has 0 aliphatic heterocycles. The van der Waals surface area contributed by atoms with Gasteiger partial charge in [-0.25, -0.2) is 0 Å². The molecule has 2 rings (SSSR count). The Bertz CT molecular complexity index is 332. The van der Waals surface area contributed by atoms with E-state index in [-0.39, 0.29) is 0 Å². The van der Waals surface area contributed by atoms with Crippen molar-refractivity contribution in [2.45, 2.75) is 31.6 Å². The third kappa shape index (κ3) is 2.38. The van der Waals surface area contributed by atoms with E-state index in [2.05, 4.69) is 12.1 Å². The van der Waals surface area contributed by atoms with Gasteiger partial charge < -0.3 is 5.11 Å². The molecule has 1 fully saturated rings. The Morgan fingerprint density at radius 3 is 2.67 bits per heavy atom. The fourth-order valence-corrected chi connectivity index (χ4v) is 2.64. The summed E-state index contributed by atoms with van der Waals surface area (Å²) in [5, 5.41) is 8.84. The van der Waals surface area contributed by atoms with Gasteiger partial charge in [0.05, 0.1) is 0 Å². The summed E-state index contributed by atoms with van der Waals surface area (Å²) >= 11 is 0. The first-order valence-electron chi connectivity index (χ1n) is 5.54. The molecule has 0 amide bonds. The maximum absolute atomic E-state index is 10.7. The normalized spacial score (nSPS) is 25.3. The summed E-state index contributed by atoms with van der Waals surface area (Å²) < 4.78 is 0. The Morgan fingerprint density at radius 1 is 1.27 bits per heavy atom. The van der Waals surface area contributed by atoms with Crippen molar-refractivity contribution in [3.63, 3.8) is 0 Å². The van der Waals surface area contributed by atoms with Crippen LogP contribution in [-0.2, 0) is 4.79 Å². The van der Waals surface area contributed by atoms with Crippen molar-refractivity contribution in [3.8, 4) is 0 Å². The Labute approximate surface area is 89.9 Å². The number of carboxylic acid groups (broad SMARTS) is 1. The zero-order valence-corrected chi connectivity index (χ0v) is 8.73. The lowest BCUT2D eigenvalue weighted by molar-refractivity contribution is -0.138. The van der Waals surface area contributed by atoms with Crippen LogP contribution in [0.5, 0.6) is 0 Å². The van der Waals surface area contributed by atoms with Crippen molar-refractivity contribution in [1.29, 1.82) is 0 Å². The number of carbonyl (C=O) groups is 1. The molecule has 0 aromatic heterocycles. The lowest BCUT2D eigenvalue weighted by Crippen LogP contribution is -2.11. The monoisotopic (exact) mass is 204 g/mol. The van der Waals surface area contributed by atoms with Crippen LogP contribution in [-0.4, -0.2) is 11.1 Å². The largest absolute Gasteiger partial charge is 0.481 e. The average Bonchev–Trinajstić information content (AvgIpc) is 2.66. The molecule has 2 atom stereocenters. The van der Waals surface area contributed by atoms with Crippen molar-refractivity contribution < 1.29 is 9.90 Å². The molecule has 0 bridgehead atoms. The molecule has 1 saturated carbocycles. The minimum absolute atomic E-state index is 0.319. The third-order valence-corrected chi connectivity index (χ3v) is 3.32. The zero-order valence-electron chi connectivity index (χ0n) is 8.73. The summed E-state index contributed by atoms with van der Waals surface area (Å²) in [4.78, 5) is 10.7. The van der Waals surface area contributed by atoms with Crippen LogP contribution in [0.25, 0.3) is 0 Å². The Kier molecular flexibility index (Phi) is 3.05. The van der Waals surface area contributed by atoms with E-state index >= 15 is 0 Å². The second-order valence-corrected chi connectivity index (χ2v) is 4.31. The Morgan fingerprint density at radius 2 is 2.00 bits per heavy atom. The van der Waals surface area contributed by atoms with E-state index < -0.39 is 5.97 Å². The van der Waals surface area contributed by atoms with Gasteiger partial charge in [-0.15, -0.1) is 0 Å². The summed E-state index contributed by atoms with van der Waals surface area (Å²) in [5.41, 5.74) is 1.31. The molecule has 1 N–H and O–H groups in total. The van der Waals surface area contributed by atoms with E-state index in [0.717, 1.165) is 19.3 Å². The van der Waals surface area contributed by atoms with Crippen LogP contribution >= 0.6 is 0 Å². The van der Waals surface area contributed by atoms with Gasteiger partial charge in [-0.1, -0.05) is 36.8 Å². The number of rotatable bonds is 3. The molecule has 0 heterocycles. The lowest BCUT2D eigenvalue weighted by atomic mass is 9.87. The van der Waals surface area contributed by atoms with E-state index in [4.69, 9.17) is 5.11 Å². The summed E-state index contributed by atoms with van der Waals surface area (Å²) in [7, 11) is 0. The molecule has 2 nitrogen and oxygen atoms in total. The van der Waals surface area contributed by atoms with Gasteiger partial charge in [0.1, 0.15) is 0 Å². The molecule has 1 aliphatic rings. The molecule has 0 unspecified atom stereocenters. The lowest BCUT2D eigenvalue weighted by Gasteiger charge is -2.17. The highest BCUT2D eigenvalue weighted by molar-refractivity contribution is 5.67. The summed E-state index contributed by atoms with van der Waals surface area (Å²) in [6.07, 6.45) is 3.69. The SMILES string of the molecule is O=C(O)C[C@H]1CCC[C@@H]1c1ccccc1. The molecule has 0 spiro atoms. The third-order valence-electron chi connectivity index (χ3n) is 3.32. The predicted octanol–water partition coefficient (Wildman–Crippen LogP) is 3.05. The van der Waals surface area contributed by atoms with Gasteiger partial charge in [-0.2, -0.15) is 0 Å². The first-order valence-corrected chi connectivity index (χ1v) is 5.54. The number of benzene rings is 1. The maximum Gasteiger partial charge on any atom is 0.303 e. The van der Waals surface area contributed by atoms with E-state index in [1.165, 1.54) is 5.56 Å². The smallest absolute Gasteiger partial charge is 0.303 e. The second kappa shape index (κ2) is 4.47. The Balaban J connectivity index is 2.11. The van der Waals surface area contributed by atoms with E-state index in [1.54, 1.807) is 0 Å². The number of carboxylic acids is 1. The van der Waals surface area contributed by atoms with Gasteiger partial charge in [0.2, 0.25) is 0 Å². The standard InChI is InChI=1S/C13H16O2/c14-13(15)9-11-7-4-8-12(11)10-5-2-1-3-6-10/h1-3,5-6,11-12H,4,7-9H2,(H,14,15)/t11-,12-/m1/s1. The van der Waals surface area contributed by atoms with Crippen molar-refractivity contribution in [1.82, 2.24) is 0 Å². The fourth-order valence-electron chi connectivity index (χ4n) is 2.64. The molecular formula is C13H16O2. The highest BCUT2D eigenvalue weighted by Gasteiger charge is 2.29. The quantitative estimate of drug-likeness (QED) is 0.821. The van der Waals surface area contributed by atoms with E-state index in [1.807, 2.05) is 18.2 Å². The maximum atomic E-state index is 10.7. The van der Waals surface area contributed by atoms with E-state index in [9.17, 15) is 4.79 Å². The minimum Gasteiger partial charge on any atom is -0.481 e. The molecule has 1 aliphatic carbocycles. The van der Waals surface area contributed by atoms with Gasteiger partial charge in [0.25, 0.3) is 0 Å². The van der Waals surface area contributed by atoms with Crippen LogP contribution in [0.15, 0.2) is 30.3 Å². The molecule has 1 aromatic carbocycles. The number of hydrogen-bond acceptors (Lipinski definition) is 1. The van der Waals surface area contributed by atoms with Crippen LogP contribution in [0.1, 0.15) is 37.2 Å². The summed E-state index contributed by atoms with van der Waals surface area (Å²) in [5.74, 6) is 0.134. The summed E-state index contributed by atoms with van der Waals surface area (Å²) in [6.45, 7) is 0. The molecular weight excluding hydrogens is 188 g/mol. The molecule has 80 valence electrons. The van der Waals surface area contributed by atoms with Crippen LogP contribution < -0.4 is 0 Å². The molecule has 0 saturated heterocycles. The van der Waals surface area contributed by atoms with Gasteiger partial charge in [0.15, 0.2) is 0 Å². The number of hydrogen-bond donors (Lipinski definition) is 1. The summed E-state index contributed by atoms with van der Waals surface area (Å²) in [6, 6.07) is 10.3. The van der Waals surface area contributed by atoms with Crippen molar-refractivity contribution in [2.75, 3.05) is 0 Å². The zero-order chi connectivity index (χ0) is 10.7. The van der Waals surface area contributed by atoms with Crippen LogP contribution in [0.2, 0.25) is 0 Å². The molecule has 1 aromatic rings. The molecule has 0 radical (unpaired) electrons. The van der Waals surface area contributed by atoms with E-state index in [0.29, 0.717) is 18.3 Å². The van der Waals surface area contributed by atoms with Crippen molar-refractivity contribution in [2.24, 2.45) is 5.92 Å². The molecule has 15 heavy (non-hydrogen) atoms. The van der Waals surface area contributed by atoms with Crippen LogP contribution in [0, 0.1) is 5.92 Å². The minimum atomic E-state index is -0.664.